The van der Waals surface area contributed by atoms with Crippen molar-refractivity contribution in [2.45, 2.75) is 30.4 Å². The van der Waals surface area contributed by atoms with Crippen LogP contribution in [0.4, 0.5) is 0 Å². The van der Waals surface area contributed by atoms with E-state index in [0.717, 1.165) is 19.4 Å². The molecule has 0 amide bonds. The molecule has 4 N–H and O–H groups in total. The van der Waals surface area contributed by atoms with Gasteiger partial charge in [0.05, 0.1) is 32.0 Å². The molecule has 11 heteroatoms. The molecule has 0 saturated heterocycles. The molecule has 1 heterocycles. The van der Waals surface area contributed by atoms with Crippen LogP contribution in [0.15, 0.2) is 23.1 Å². The second-order valence-electron chi connectivity index (χ2n) is 4.50. The fourth-order valence-corrected chi connectivity index (χ4v) is 2.03. The number of nitrogens with one attached hydrogen (secondary N) is 1. The normalized spacial score (nSPS) is 25.6. The molecule has 0 radical (unpaired) electrons. The second kappa shape index (κ2) is 8.79. The second-order valence-corrected chi connectivity index (χ2v) is 4.50. The maximum absolute atomic E-state index is 11.6. The van der Waals surface area contributed by atoms with Gasteiger partial charge >= 0.3 is 5.97 Å². The number of rotatable bonds is 7. The number of carbonyl (C=O) groups is 1. The number of nitrogens with zero attached hydrogens (tertiary/aromatic N) is 3. The Hall–Kier alpha value is -2.55. The molecule has 5 atom stereocenters. The highest BCUT2D eigenvalue weighted by Gasteiger charge is 2.42. The van der Waals surface area contributed by atoms with E-state index in [1.54, 1.807) is 0 Å². The van der Waals surface area contributed by atoms with Crippen LogP contribution in [0.5, 0.6) is 0 Å². The molecule has 0 fully saturated rings. The molecule has 0 spiro atoms. The topological polar surface area (TPSA) is 174 Å². The number of esters is 1. The summed E-state index contributed by atoms with van der Waals surface area (Å²) in [5, 5.41) is 34.6. The highest BCUT2D eigenvalue weighted by Crippen LogP contribution is 2.25. The molecule has 0 aromatic rings. The first kappa shape index (κ1) is 18.5. The van der Waals surface area contributed by atoms with E-state index in [9.17, 15) is 19.8 Å². The van der Waals surface area contributed by atoms with E-state index in [1.165, 1.54) is 5.94 Å². The van der Waals surface area contributed by atoms with Gasteiger partial charge in [-0.05, 0) is 11.6 Å². The lowest BCUT2D eigenvalue weighted by molar-refractivity contribution is -0.148. The Morgan fingerprint density at radius 3 is 2.91 bits per heavy atom. The van der Waals surface area contributed by atoms with E-state index in [1.807, 2.05) is 0 Å². The number of methoxy groups -OCH3 is 1. The molecule has 11 nitrogen and oxygen atoms in total. The van der Waals surface area contributed by atoms with Crippen molar-refractivity contribution in [3.63, 3.8) is 0 Å². The average Bonchev–Trinajstić information content (AvgIpc) is 2.58. The zero-order valence-corrected chi connectivity index (χ0v) is 12.1. The van der Waals surface area contributed by atoms with Crippen molar-refractivity contribution in [2.75, 3.05) is 13.7 Å². The molecule has 23 heavy (non-hydrogen) atoms. The molecule has 0 aromatic carbocycles. The van der Waals surface area contributed by atoms with Crippen molar-refractivity contribution >= 4 is 11.9 Å². The highest BCUT2D eigenvalue weighted by molar-refractivity contribution is 5.86. The fourth-order valence-electron chi connectivity index (χ4n) is 2.03. The van der Waals surface area contributed by atoms with Crippen molar-refractivity contribution in [3.8, 4) is 0 Å². The Kier molecular flexibility index (Phi) is 7.07. The monoisotopic (exact) mass is 328 g/mol. The minimum Gasteiger partial charge on any atom is -0.478 e. The van der Waals surface area contributed by atoms with Gasteiger partial charge < -0.3 is 30.1 Å². The zero-order valence-electron chi connectivity index (χ0n) is 12.1. The van der Waals surface area contributed by atoms with Gasteiger partial charge in [-0.3, -0.25) is 0 Å². The Balaban J connectivity index is 3.25. The predicted molar refractivity (Wildman–Crippen MR) is 74.2 cm³/mol. The molecule has 1 rings (SSSR count). The third-order valence-electron chi connectivity index (χ3n) is 3.13. The highest BCUT2D eigenvalue weighted by atomic mass is 16.6. The van der Waals surface area contributed by atoms with Crippen LogP contribution in [0.3, 0.4) is 0 Å². The van der Waals surface area contributed by atoms with Crippen molar-refractivity contribution < 1.29 is 34.4 Å². The number of ether oxygens (including phenoxy) is 2. The first-order valence-electron chi connectivity index (χ1n) is 6.43. The molecule has 0 bridgehead atoms. The van der Waals surface area contributed by atoms with Crippen molar-refractivity contribution in [1.82, 2.24) is 5.32 Å². The largest absolute Gasteiger partial charge is 0.478 e. The van der Waals surface area contributed by atoms with Crippen LogP contribution in [0.25, 0.3) is 10.4 Å². The van der Waals surface area contributed by atoms with Gasteiger partial charge in [0.1, 0.15) is 24.3 Å². The first-order valence-corrected chi connectivity index (χ1v) is 6.43. The Morgan fingerprint density at radius 1 is 1.70 bits per heavy atom. The van der Waals surface area contributed by atoms with Crippen molar-refractivity contribution in [3.05, 3.63) is 28.5 Å². The molecule has 1 aliphatic heterocycles. The van der Waals surface area contributed by atoms with Gasteiger partial charge in [-0.15, -0.1) is 0 Å². The third-order valence-corrected chi connectivity index (χ3v) is 3.13. The quantitative estimate of drug-likeness (QED) is 0.138. The predicted octanol–water partition coefficient (Wildman–Crippen LogP) is -1.86. The van der Waals surface area contributed by atoms with E-state index in [4.69, 9.17) is 15.4 Å². The Morgan fingerprint density at radius 2 is 2.39 bits per heavy atom. The summed E-state index contributed by atoms with van der Waals surface area (Å²) in [5.41, 5.74) is 8.63. The molecule has 4 unspecified atom stereocenters. The van der Waals surface area contributed by atoms with Crippen LogP contribution < -0.4 is 5.32 Å². The van der Waals surface area contributed by atoms with Crippen LogP contribution in [-0.4, -0.2) is 71.3 Å². The van der Waals surface area contributed by atoms with E-state index < -0.39 is 43.0 Å². The average molecular weight is 328 g/mol. The van der Waals surface area contributed by atoms with E-state index >= 15 is 0 Å². The van der Waals surface area contributed by atoms with E-state index in [0.29, 0.717) is 0 Å². The number of azide groups is 1. The summed E-state index contributed by atoms with van der Waals surface area (Å²) in [6, 6.07) is -2.05. The molecular formula is C12H16N4O7. The lowest BCUT2D eigenvalue weighted by Crippen LogP contribution is -2.57. The van der Waals surface area contributed by atoms with Gasteiger partial charge in [-0.2, -0.15) is 0 Å². The number of aliphatic hydroxyl groups is 3. The molecule has 0 aromatic heterocycles. The summed E-state index contributed by atoms with van der Waals surface area (Å²) in [5.74, 6) is 0.217. The number of carbonyl (C=O) groups excluding carboxylic acids is 2. The lowest BCUT2D eigenvalue weighted by Gasteiger charge is -2.38. The third kappa shape index (κ3) is 4.46. The minimum atomic E-state index is -1.65. The maximum atomic E-state index is 11.6. The summed E-state index contributed by atoms with van der Waals surface area (Å²) in [7, 11) is 1.10. The van der Waals surface area contributed by atoms with Crippen LogP contribution in [0, 0.1) is 0 Å². The summed E-state index contributed by atoms with van der Waals surface area (Å²) in [6.07, 6.45) is -2.56. The first-order chi connectivity index (χ1) is 11.0. The smallest absolute Gasteiger partial charge is 0.372 e. The summed E-state index contributed by atoms with van der Waals surface area (Å²) in [4.78, 5) is 24.6. The van der Waals surface area contributed by atoms with Gasteiger partial charge in [0.15, 0.2) is 0 Å². The van der Waals surface area contributed by atoms with E-state index in [-0.39, 0.29) is 5.76 Å². The summed E-state index contributed by atoms with van der Waals surface area (Å²) in [6.45, 7) is -0.777. The summed E-state index contributed by atoms with van der Waals surface area (Å²) < 4.78 is 9.78. The number of aliphatic hydroxyl groups excluding tert-OH is 3. The van der Waals surface area contributed by atoms with E-state index in [2.05, 4.69) is 20.1 Å². The maximum Gasteiger partial charge on any atom is 0.372 e. The van der Waals surface area contributed by atoms with Gasteiger partial charge in [0.2, 0.25) is 5.76 Å². The van der Waals surface area contributed by atoms with Crippen LogP contribution >= 0.6 is 0 Å². The molecule has 0 saturated carbocycles. The summed E-state index contributed by atoms with van der Waals surface area (Å²) >= 11 is 0. The SMILES string of the molecule is COC(=O)C1=CC(N=[N+]=[N-])C(NC=C=O)[C@H](C(O)C(O)CO)O1. The van der Waals surface area contributed by atoms with Gasteiger partial charge in [0, 0.05) is 4.91 Å². The molecule has 1 aliphatic rings. The van der Waals surface area contributed by atoms with Crippen molar-refractivity contribution in [1.29, 1.82) is 0 Å². The van der Waals surface area contributed by atoms with Crippen molar-refractivity contribution in [2.24, 2.45) is 5.11 Å². The van der Waals surface area contributed by atoms with Gasteiger partial charge in [-0.1, -0.05) is 5.11 Å². The van der Waals surface area contributed by atoms with Crippen LogP contribution in [-0.2, 0) is 19.1 Å². The minimum absolute atomic E-state index is 0.341. The van der Waals surface area contributed by atoms with Gasteiger partial charge in [0.25, 0.3) is 0 Å². The fraction of sp³-hybridized carbons (Fsp3) is 0.583. The van der Waals surface area contributed by atoms with Crippen LogP contribution in [0.2, 0.25) is 0 Å². The molecule has 126 valence electrons. The van der Waals surface area contributed by atoms with Gasteiger partial charge in [-0.25, -0.2) is 9.59 Å². The zero-order chi connectivity index (χ0) is 17.4. The molecule has 0 aliphatic carbocycles. The number of hydrogen-bond acceptors (Lipinski definition) is 9. The standard InChI is InChI=1S/C12H16N4O7/c1-22-12(21)8-4-6(15-16-13)9(14-2-3-17)11(23-8)10(20)7(19)5-18/h2,4,6-7,9-11,14,18-20H,5H2,1H3/t6?,7?,9?,10?,11-/m1/s1. The lowest BCUT2D eigenvalue weighted by atomic mass is 9.92. The number of hydrogen-bond donors (Lipinski definition) is 4. The Labute approximate surface area is 130 Å². The molecular weight excluding hydrogens is 312 g/mol. The van der Waals surface area contributed by atoms with Crippen LogP contribution in [0.1, 0.15) is 0 Å². The Bertz CT molecular complexity index is 554.